The van der Waals surface area contributed by atoms with E-state index >= 15 is 0 Å². The summed E-state index contributed by atoms with van der Waals surface area (Å²) in [5.41, 5.74) is 4.02. The molecule has 1 amide bonds. The van der Waals surface area contributed by atoms with Gasteiger partial charge in [0.15, 0.2) is 0 Å². The van der Waals surface area contributed by atoms with Gasteiger partial charge in [-0.15, -0.1) is 0 Å². The number of nitrogens with zero attached hydrogens (tertiary/aromatic N) is 2. The summed E-state index contributed by atoms with van der Waals surface area (Å²) in [5.74, 6) is 1.30. The topological polar surface area (TPSA) is 93.1 Å². The number of anilines is 3. The van der Waals surface area contributed by atoms with Crippen LogP contribution in [0.5, 0.6) is 0 Å². The fraction of sp³-hybridized carbons (Fsp3) is 0.500. The van der Waals surface area contributed by atoms with Crippen LogP contribution in [-0.2, 0) is 14.6 Å². The number of fused-ring (bicyclic) bond motifs is 1. The lowest BCUT2D eigenvalue weighted by atomic mass is 9.70. The fourth-order valence-electron chi connectivity index (χ4n) is 6.16. The molecule has 36 heavy (non-hydrogen) atoms. The molecule has 2 aromatic carbocycles. The molecular weight excluding hydrogens is 472 g/mol. The SMILES string of the molecule is CC1CC(n2c(Nc3ccc(NC(=O)C4CCS(=O)(=O)CC4)cc3)nc3ccccc32)CC(C)(C)C1. The summed E-state index contributed by atoms with van der Waals surface area (Å²) in [5, 5.41) is 6.47. The Kier molecular flexibility index (Phi) is 6.57. The van der Waals surface area contributed by atoms with Gasteiger partial charge in [0.1, 0.15) is 9.84 Å². The number of benzene rings is 2. The molecule has 2 aliphatic rings. The van der Waals surface area contributed by atoms with E-state index in [1.54, 1.807) is 0 Å². The third-order valence-electron chi connectivity index (χ3n) is 7.66. The van der Waals surface area contributed by atoms with Crippen LogP contribution in [0.2, 0.25) is 0 Å². The maximum atomic E-state index is 12.6. The Labute approximate surface area is 213 Å². The molecule has 1 aliphatic heterocycles. The molecule has 1 aromatic heterocycles. The first kappa shape index (κ1) is 24.8. The molecule has 0 spiro atoms. The van der Waals surface area contributed by atoms with Crippen molar-refractivity contribution in [3.8, 4) is 0 Å². The Morgan fingerprint density at radius 1 is 1.00 bits per heavy atom. The third kappa shape index (κ3) is 5.43. The molecule has 5 rings (SSSR count). The minimum absolute atomic E-state index is 0.0892. The smallest absolute Gasteiger partial charge is 0.227 e. The first-order valence-electron chi connectivity index (χ1n) is 12.9. The quantitative estimate of drug-likeness (QED) is 0.446. The minimum atomic E-state index is -2.98. The zero-order chi connectivity index (χ0) is 25.5. The standard InChI is InChI=1S/C28H36N4O3S/c1-19-16-23(18-28(2,3)17-19)32-25-7-5-4-6-24(25)31-27(32)30-22-10-8-21(9-11-22)29-26(33)20-12-14-36(34,35)15-13-20/h4-11,19-20,23H,12-18H2,1-3H3,(H,29,33)(H,30,31). The van der Waals surface area contributed by atoms with E-state index in [9.17, 15) is 13.2 Å². The summed E-state index contributed by atoms with van der Waals surface area (Å²) in [6, 6.07) is 16.3. The van der Waals surface area contributed by atoms with Gasteiger partial charge in [-0.2, -0.15) is 0 Å². The highest BCUT2D eigenvalue weighted by atomic mass is 32.2. The zero-order valence-electron chi connectivity index (χ0n) is 21.3. The van der Waals surface area contributed by atoms with E-state index in [0.717, 1.165) is 35.5 Å². The highest BCUT2D eigenvalue weighted by Gasteiger charge is 2.34. The zero-order valence-corrected chi connectivity index (χ0v) is 22.1. The number of nitrogens with one attached hydrogen (secondary N) is 2. The first-order chi connectivity index (χ1) is 17.1. The third-order valence-corrected chi connectivity index (χ3v) is 9.37. The summed E-state index contributed by atoms with van der Waals surface area (Å²) in [7, 11) is -2.98. The number of hydrogen-bond acceptors (Lipinski definition) is 5. The Balaban J connectivity index is 1.33. The summed E-state index contributed by atoms with van der Waals surface area (Å²) in [6.07, 6.45) is 4.26. The molecule has 1 aliphatic carbocycles. The van der Waals surface area contributed by atoms with Crippen LogP contribution in [-0.4, -0.2) is 35.4 Å². The van der Waals surface area contributed by atoms with E-state index in [2.05, 4.69) is 54.2 Å². The molecule has 1 saturated heterocycles. The van der Waals surface area contributed by atoms with Crippen molar-refractivity contribution in [2.24, 2.45) is 17.3 Å². The molecule has 0 radical (unpaired) electrons. The van der Waals surface area contributed by atoms with Gasteiger partial charge in [-0.05, 0) is 79.8 Å². The Morgan fingerprint density at radius 2 is 1.67 bits per heavy atom. The number of carbonyl (C=O) groups is 1. The van der Waals surface area contributed by atoms with Crippen LogP contribution in [0.1, 0.15) is 58.9 Å². The van der Waals surface area contributed by atoms with Gasteiger partial charge in [-0.25, -0.2) is 13.4 Å². The van der Waals surface area contributed by atoms with E-state index in [-0.39, 0.29) is 28.7 Å². The summed E-state index contributed by atoms with van der Waals surface area (Å²) in [4.78, 5) is 17.6. The number of sulfone groups is 1. The highest BCUT2D eigenvalue weighted by molar-refractivity contribution is 7.91. The lowest BCUT2D eigenvalue weighted by Gasteiger charge is -2.40. The second-order valence-corrected chi connectivity index (χ2v) is 13.8. The summed E-state index contributed by atoms with van der Waals surface area (Å²) < 4.78 is 25.7. The van der Waals surface area contributed by atoms with Crippen LogP contribution in [0.3, 0.4) is 0 Å². The van der Waals surface area contributed by atoms with E-state index in [1.807, 2.05) is 30.3 Å². The molecule has 1 saturated carbocycles. The summed E-state index contributed by atoms with van der Waals surface area (Å²) >= 11 is 0. The number of imidazole rings is 1. The van der Waals surface area contributed by atoms with Crippen molar-refractivity contribution in [1.82, 2.24) is 9.55 Å². The lowest BCUT2D eigenvalue weighted by molar-refractivity contribution is -0.120. The number of para-hydroxylation sites is 2. The van der Waals surface area contributed by atoms with E-state index in [1.165, 1.54) is 6.42 Å². The largest absolute Gasteiger partial charge is 0.326 e. The van der Waals surface area contributed by atoms with Gasteiger partial charge < -0.3 is 15.2 Å². The fourth-order valence-corrected chi connectivity index (χ4v) is 7.65. The molecule has 8 heteroatoms. The average molecular weight is 509 g/mol. The number of amides is 1. The number of hydrogen-bond donors (Lipinski definition) is 2. The number of rotatable bonds is 5. The molecule has 0 bridgehead atoms. The molecule has 2 unspecified atom stereocenters. The minimum Gasteiger partial charge on any atom is -0.326 e. The van der Waals surface area contributed by atoms with Crippen molar-refractivity contribution in [3.63, 3.8) is 0 Å². The van der Waals surface area contributed by atoms with Gasteiger partial charge in [-0.3, -0.25) is 4.79 Å². The van der Waals surface area contributed by atoms with Crippen LogP contribution < -0.4 is 10.6 Å². The van der Waals surface area contributed by atoms with E-state index in [0.29, 0.717) is 30.5 Å². The molecule has 2 N–H and O–H groups in total. The number of aromatic nitrogens is 2. The highest BCUT2D eigenvalue weighted by Crippen LogP contribution is 2.46. The van der Waals surface area contributed by atoms with Crippen molar-refractivity contribution in [3.05, 3.63) is 48.5 Å². The van der Waals surface area contributed by atoms with Crippen LogP contribution >= 0.6 is 0 Å². The van der Waals surface area contributed by atoms with Gasteiger partial charge in [0, 0.05) is 23.3 Å². The normalized spacial score (nSPS) is 23.9. The molecule has 192 valence electrons. The van der Waals surface area contributed by atoms with Gasteiger partial charge in [0.2, 0.25) is 11.9 Å². The van der Waals surface area contributed by atoms with Crippen molar-refractivity contribution in [2.75, 3.05) is 22.1 Å². The van der Waals surface area contributed by atoms with Gasteiger partial charge in [0.05, 0.1) is 22.5 Å². The Morgan fingerprint density at radius 3 is 2.36 bits per heavy atom. The molecule has 2 atom stereocenters. The van der Waals surface area contributed by atoms with Gasteiger partial charge in [-0.1, -0.05) is 32.9 Å². The molecular formula is C28H36N4O3S. The van der Waals surface area contributed by atoms with E-state index in [4.69, 9.17) is 4.98 Å². The maximum absolute atomic E-state index is 12.6. The summed E-state index contributed by atoms with van der Waals surface area (Å²) in [6.45, 7) is 7.07. The Bertz CT molecular complexity index is 1350. The maximum Gasteiger partial charge on any atom is 0.227 e. The predicted octanol–water partition coefficient (Wildman–Crippen LogP) is 5.93. The second-order valence-electron chi connectivity index (χ2n) is 11.5. The van der Waals surface area contributed by atoms with Crippen molar-refractivity contribution in [2.45, 2.75) is 58.9 Å². The molecule has 3 aromatic rings. The first-order valence-corrected chi connectivity index (χ1v) is 14.8. The van der Waals surface area contributed by atoms with E-state index < -0.39 is 9.84 Å². The van der Waals surface area contributed by atoms with Gasteiger partial charge in [0.25, 0.3) is 0 Å². The second kappa shape index (κ2) is 9.54. The van der Waals surface area contributed by atoms with Crippen LogP contribution in [0.15, 0.2) is 48.5 Å². The van der Waals surface area contributed by atoms with Gasteiger partial charge >= 0.3 is 0 Å². The molecule has 2 fully saturated rings. The monoisotopic (exact) mass is 508 g/mol. The predicted molar refractivity (Wildman–Crippen MR) is 145 cm³/mol. The molecule has 7 nitrogen and oxygen atoms in total. The van der Waals surface area contributed by atoms with Crippen LogP contribution in [0.4, 0.5) is 17.3 Å². The van der Waals surface area contributed by atoms with Crippen LogP contribution in [0.25, 0.3) is 11.0 Å². The van der Waals surface area contributed by atoms with Crippen molar-refractivity contribution < 1.29 is 13.2 Å². The van der Waals surface area contributed by atoms with Crippen LogP contribution in [0, 0.1) is 17.3 Å². The molecule has 2 heterocycles. The number of carbonyl (C=O) groups excluding carboxylic acids is 1. The average Bonchev–Trinajstić information content (AvgIpc) is 3.16. The Hall–Kier alpha value is -2.87. The van der Waals surface area contributed by atoms with Crippen molar-refractivity contribution >= 4 is 44.1 Å². The van der Waals surface area contributed by atoms with Crippen molar-refractivity contribution in [1.29, 1.82) is 0 Å². The lowest BCUT2D eigenvalue weighted by Crippen LogP contribution is -2.31.